The van der Waals surface area contributed by atoms with Crippen molar-refractivity contribution in [2.75, 3.05) is 45.8 Å². The predicted octanol–water partition coefficient (Wildman–Crippen LogP) is 0.540. The van der Waals surface area contributed by atoms with Gasteiger partial charge in [-0.1, -0.05) is 0 Å². The number of hydrogen-bond acceptors (Lipinski definition) is 3. The smallest absolute Gasteiger partial charge is 0.236 e. The van der Waals surface area contributed by atoms with Gasteiger partial charge in [-0.25, -0.2) is 0 Å². The Balaban J connectivity index is 1.82. The Morgan fingerprint density at radius 2 is 2.06 bits per heavy atom. The minimum absolute atomic E-state index is 0.318. The van der Waals surface area contributed by atoms with Crippen LogP contribution >= 0.6 is 0 Å². The van der Waals surface area contributed by atoms with E-state index in [4.69, 9.17) is 0 Å². The zero-order chi connectivity index (χ0) is 12.1. The van der Waals surface area contributed by atoms with E-state index in [1.807, 2.05) is 4.90 Å². The summed E-state index contributed by atoms with van der Waals surface area (Å²) < 4.78 is 0. The van der Waals surface area contributed by atoms with Crippen molar-refractivity contribution in [3.63, 3.8) is 0 Å². The molecule has 2 fully saturated rings. The third-order valence-corrected chi connectivity index (χ3v) is 3.97. The van der Waals surface area contributed by atoms with E-state index >= 15 is 0 Å². The molecule has 2 saturated heterocycles. The summed E-state index contributed by atoms with van der Waals surface area (Å²) in [6.07, 6.45) is 3.66. The van der Waals surface area contributed by atoms with E-state index in [-0.39, 0.29) is 0 Å². The first-order valence-corrected chi connectivity index (χ1v) is 7.00. The number of carbonyl (C=O) groups excluding carboxylic acids is 1. The van der Waals surface area contributed by atoms with E-state index in [2.05, 4.69) is 17.1 Å². The average molecular weight is 239 g/mol. The Labute approximate surface area is 104 Å². The Bertz CT molecular complexity index is 251. The standard InChI is InChI=1S/C13H25N3O/c1-2-16-9-3-8-15(11-13(16)17)10-12-4-6-14-7-5-12/h12,14H,2-11H2,1H3. The average Bonchev–Trinajstić information content (AvgIpc) is 2.52. The highest BCUT2D eigenvalue weighted by Gasteiger charge is 2.23. The summed E-state index contributed by atoms with van der Waals surface area (Å²) in [6, 6.07) is 0. The first-order chi connectivity index (χ1) is 8.29. The van der Waals surface area contributed by atoms with Crippen LogP contribution in [0.15, 0.2) is 0 Å². The fraction of sp³-hybridized carbons (Fsp3) is 0.923. The van der Waals surface area contributed by atoms with Crippen LogP contribution in [0, 0.1) is 5.92 Å². The molecular formula is C13H25N3O. The van der Waals surface area contributed by atoms with Crippen molar-refractivity contribution in [2.45, 2.75) is 26.2 Å². The quantitative estimate of drug-likeness (QED) is 0.781. The normalized spacial score (nSPS) is 25.0. The highest BCUT2D eigenvalue weighted by Crippen LogP contribution is 2.15. The minimum Gasteiger partial charge on any atom is -0.342 e. The number of piperidine rings is 1. The number of nitrogens with zero attached hydrogens (tertiary/aromatic N) is 2. The van der Waals surface area contributed by atoms with Gasteiger partial charge in [-0.05, 0) is 45.2 Å². The van der Waals surface area contributed by atoms with Gasteiger partial charge in [0.2, 0.25) is 5.91 Å². The molecule has 0 spiro atoms. The second-order valence-electron chi connectivity index (χ2n) is 5.26. The fourth-order valence-electron chi connectivity index (χ4n) is 2.90. The number of amides is 1. The van der Waals surface area contributed by atoms with Gasteiger partial charge in [-0.2, -0.15) is 0 Å². The molecule has 2 aliphatic rings. The van der Waals surface area contributed by atoms with Crippen LogP contribution in [-0.2, 0) is 4.79 Å². The lowest BCUT2D eigenvalue weighted by atomic mass is 9.97. The summed E-state index contributed by atoms with van der Waals surface area (Å²) in [5.74, 6) is 1.11. The maximum atomic E-state index is 12.0. The minimum atomic E-state index is 0.318. The van der Waals surface area contributed by atoms with Crippen molar-refractivity contribution in [2.24, 2.45) is 5.92 Å². The van der Waals surface area contributed by atoms with Crippen molar-refractivity contribution in [1.82, 2.24) is 15.1 Å². The predicted molar refractivity (Wildman–Crippen MR) is 68.9 cm³/mol. The van der Waals surface area contributed by atoms with Crippen LogP contribution in [0.3, 0.4) is 0 Å². The summed E-state index contributed by atoms with van der Waals surface area (Å²) in [5, 5.41) is 3.40. The third kappa shape index (κ3) is 3.68. The zero-order valence-electron chi connectivity index (χ0n) is 11.0. The van der Waals surface area contributed by atoms with E-state index in [0.717, 1.165) is 51.6 Å². The SMILES string of the molecule is CCN1CCCN(CC2CCNCC2)CC1=O. The van der Waals surface area contributed by atoms with Crippen molar-refractivity contribution >= 4 is 5.91 Å². The molecule has 1 N–H and O–H groups in total. The number of carbonyl (C=O) groups is 1. The summed E-state index contributed by atoms with van der Waals surface area (Å²) in [5.41, 5.74) is 0. The van der Waals surface area contributed by atoms with E-state index in [9.17, 15) is 4.79 Å². The van der Waals surface area contributed by atoms with Gasteiger partial charge in [-0.15, -0.1) is 0 Å². The van der Waals surface area contributed by atoms with Gasteiger partial charge in [-0.3, -0.25) is 9.69 Å². The summed E-state index contributed by atoms with van der Waals surface area (Å²) >= 11 is 0. The molecule has 17 heavy (non-hydrogen) atoms. The first-order valence-electron chi connectivity index (χ1n) is 7.00. The molecule has 0 radical (unpaired) electrons. The van der Waals surface area contributed by atoms with Crippen molar-refractivity contribution < 1.29 is 4.79 Å². The van der Waals surface area contributed by atoms with E-state index < -0.39 is 0 Å². The molecule has 2 rings (SSSR count). The van der Waals surface area contributed by atoms with Gasteiger partial charge in [0.15, 0.2) is 0 Å². The third-order valence-electron chi connectivity index (χ3n) is 3.97. The van der Waals surface area contributed by atoms with Crippen molar-refractivity contribution in [1.29, 1.82) is 0 Å². The highest BCUT2D eigenvalue weighted by atomic mass is 16.2. The molecule has 2 aliphatic heterocycles. The van der Waals surface area contributed by atoms with Crippen LogP contribution in [-0.4, -0.2) is 61.5 Å². The first kappa shape index (κ1) is 12.8. The van der Waals surface area contributed by atoms with Gasteiger partial charge in [0.25, 0.3) is 0 Å². The molecule has 4 nitrogen and oxygen atoms in total. The Morgan fingerprint density at radius 1 is 1.29 bits per heavy atom. The summed E-state index contributed by atoms with van der Waals surface area (Å²) in [7, 11) is 0. The summed E-state index contributed by atoms with van der Waals surface area (Å²) in [4.78, 5) is 16.3. The van der Waals surface area contributed by atoms with Gasteiger partial charge >= 0.3 is 0 Å². The van der Waals surface area contributed by atoms with Crippen LogP contribution in [0.5, 0.6) is 0 Å². The highest BCUT2D eigenvalue weighted by molar-refractivity contribution is 5.78. The molecule has 0 saturated carbocycles. The van der Waals surface area contributed by atoms with Gasteiger partial charge in [0.1, 0.15) is 0 Å². The molecular weight excluding hydrogens is 214 g/mol. The van der Waals surface area contributed by atoms with Crippen LogP contribution in [0.4, 0.5) is 0 Å². The molecule has 0 aliphatic carbocycles. The molecule has 0 aromatic carbocycles. The number of rotatable bonds is 3. The molecule has 4 heteroatoms. The fourth-order valence-corrected chi connectivity index (χ4v) is 2.90. The molecule has 0 unspecified atom stereocenters. The van der Waals surface area contributed by atoms with Gasteiger partial charge < -0.3 is 10.2 Å². The van der Waals surface area contributed by atoms with Crippen molar-refractivity contribution in [3.8, 4) is 0 Å². The Kier molecular flexibility index (Phi) is 4.80. The lowest BCUT2D eigenvalue weighted by Gasteiger charge is -2.28. The maximum absolute atomic E-state index is 12.0. The van der Waals surface area contributed by atoms with E-state index in [0.29, 0.717) is 12.5 Å². The number of nitrogens with one attached hydrogen (secondary N) is 1. The van der Waals surface area contributed by atoms with Gasteiger partial charge in [0, 0.05) is 26.2 Å². The molecule has 1 amide bonds. The molecule has 0 bridgehead atoms. The zero-order valence-corrected chi connectivity index (χ0v) is 11.0. The lowest BCUT2D eigenvalue weighted by Crippen LogP contribution is -2.40. The number of likely N-dealkylation sites (N-methyl/N-ethyl adjacent to an activating group) is 1. The van der Waals surface area contributed by atoms with Crippen LogP contribution in [0.2, 0.25) is 0 Å². The second kappa shape index (κ2) is 6.36. The molecule has 98 valence electrons. The topological polar surface area (TPSA) is 35.6 Å². The second-order valence-corrected chi connectivity index (χ2v) is 5.26. The largest absolute Gasteiger partial charge is 0.342 e. The lowest BCUT2D eigenvalue weighted by molar-refractivity contribution is -0.131. The van der Waals surface area contributed by atoms with Crippen LogP contribution < -0.4 is 5.32 Å². The molecule has 0 aromatic rings. The maximum Gasteiger partial charge on any atom is 0.236 e. The Morgan fingerprint density at radius 3 is 2.76 bits per heavy atom. The number of hydrogen-bond donors (Lipinski definition) is 1. The Hall–Kier alpha value is -0.610. The van der Waals surface area contributed by atoms with Crippen LogP contribution in [0.25, 0.3) is 0 Å². The molecule has 2 heterocycles. The molecule has 0 atom stereocenters. The van der Waals surface area contributed by atoms with Gasteiger partial charge in [0.05, 0.1) is 6.54 Å². The van der Waals surface area contributed by atoms with Crippen LogP contribution in [0.1, 0.15) is 26.2 Å². The van der Waals surface area contributed by atoms with E-state index in [1.54, 1.807) is 0 Å². The monoisotopic (exact) mass is 239 g/mol. The van der Waals surface area contributed by atoms with Crippen molar-refractivity contribution in [3.05, 3.63) is 0 Å². The van der Waals surface area contributed by atoms with E-state index in [1.165, 1.54) is 12.8 Å². The molecule has 0 aromatic heterocycles. The summed E-state index contributed by atoms with van der Waals surface area (Å²) in [6.45, 7) is 9.01.